The number of hydrogen-bond acceptors (Lipinski definition) is 3. The van der Waals surface area contributed by atoms with Crippen LogP contribution in [0.2, 0.25) is 0 Å². The Bertz CT molecular complexity index is 436. The molecule has 1 saturated carbocycles. The standard InChI is InChI=1S/C14H27N3O3S/c1-2-21(19,20)17-11-9-16(10-12-17)14(18)15-13-7-5-3-4-6-8-13/h13H,2-12H2,1H3,(H,15,18). The second kappa shape index (κ2) is 7.45. The van der Waals surface area contributed by atoms with Crippen molar-refractivity contribution in [1.29, 1.82) is 0 Å². The zero-order valence-electron chi connectivity index (χ0n) is 12.9. The number of nitrogens with zero attached hydrogens (tertiary/aromatic N) is 2. The summed E-state index contributed by atoms with van der Waals surface area (Å²) in [6, 6.07) is 0.257. The molecule has 1 aliphatic heterocycles. The van der Waals surface area contributed by atoms with Gasteiger partial charge in [0.2, 0.25) is 10.0 Å². The van der Waals surface area contributed by atoms with E-state index < -0.39 is 10.0 Å². The molecule has 21 heavy (non-hydrogen) atoms. The van der Waals surface area contributed by atoms with Crippen LogP contribution in [0.3, 0.4) is 0 Å². The Labute approximate surface area is 127 Å². The molecule has 0 spiro atoms. The molecule has 0 aromatic rings. The highest BCUT2D eigenvalue weighted by molar-refractivity contribution is 7.89. The Hall–Kier alpha value is -0.820. The first-order chi connectivity index (χ1) is 10.0. The van der Waals surface area contributed by atoms with Gasteiger partial charge in [0.15, 0.2) is 0 Å². The number of urea groups is 1. The van der Waals surface area contributed by atoms with E-state index in [2.05, 4.69) is 5.32 Å². The molecule has 1 heterocycles. The van der Waals surface area contributed by atoms with Gasteiger partial charge in [0.05, 0.1) is 5.75 Å². The number of carbonyl (C=O) groups is 1. The van der Waals surface area contributed by atoms with Crippen molar-refractivity contribution in [2.75, 3.05) is 31.9 Å². The fraction of sp³-hybridized carbons (Fsp3) is 0.929. The second-order valence-corrected chi connectivity index (χ2v) is 8.18. The number of sulfonamides is 1. The van der Waals surface area contributed by atoms with E-state index in [0.717, 1.165) is 12.8 Å². The predicted molar refractivity (Wildman–Crippen MR) is 82.6 cm³/mol. The lowest BCUT2D eigenvalue weighted by molar-refractivity contribution is 0.168. The molecular formula is C14H27N3O3S. The first-order valence-electron chi connectivity index (χ1n) is 8.06. The van der Waals surface area contributed by atoms with Gasteiger partial charge in [0.25, 0.3) is 0 Å². The number of hydrogen-bond donors (Lipinski definition) is 1. The quantitative estimate of drug-likeness (QED) is 0.800. The molecule has 2 fully saturated rings. The number of amides is 2. The first kappa shape index (κ1) is 16.5. The minimum atomic E-state index is -3.13. The average Bonchev–Trinajstić information content (AvgIpc) is 2.76. The van der Waals surface area contributed by atoms with Gasteiger partial charge in [-0.3, -0.25) is 0 Å². The van der Waals surface area contributed by atoms with Crippen molar-refractivity contribution in [2.45, 2.75) is 51.5 Å². The van der Waals surface area contributed by atoms with Crippen LogP contribution in [0.25, 0.3) is 0 Å². The number of rotatable bonds is 3. The highest BCUT2D eigenvalue weighted by atomic mass is 32.2. The Morgan fingerprint density at radius 3 is 2.14 bits per heavy atom. The van der Waals surface area contributed by atoms with Crippen LogP contribution in [0.15, 0.2) is 0 Å². The topological polar surface area (TPSA) is 69.7 Å². The fourth-order valence-corrected chi connectivity index (χ4v) is 4.13. The van der Waals surface area contributed by atoms with Crippen LogP contribution in [0, 0.1) is 0 Å². The van der Waals surface area contributed by atoms with Gasteiger partial charge in [0, 0.05) is 32.2 Å². The highest BCUT2D eigenvalue weighted by Crippen LogP contribution is 2.17. The molecular weight excluding hydrogens is 290 g/mol. The summed E-state index contributed by atoms with van der Waals surface area (Å²) in [5.41, 5.74) is 0. The van der Waals surface area contributed by atoms with Crippen molar-refractivity contribution in [2.24, 2.45) is 0 Å². The molecule has 2 amide bonds. The molecule has 0 atom stereocenters. The molecule has 0 aromatic carbocycles. The Kier molecular flexibility index (Phi) is 5.87. The average molecular weight is 317 g/mol. The molecule has 0 aromatic heterocycles. The van der Waals surface area contributed by atoms with Crippen LogP contribution in [0.1, 0.15) is 45.4 Å². The van der Waals surface area contributed by atoms with Crippen molar-refractivity contribution >= 4 is 16.1 Å². The third kappa shape index (κ3) is 4.57. The molecule has 122 valence electrons. The molecule has 1 saturated heterocycles. The van der Waals surface area contributed by atoms with Crippen molar-refractivity contribution in [1.82, 2.24) is 14.5 Å². The SMILES string of the molecule is CCS(=O)(=O)N1CCN(C(=O)NC2CCCCCC2)CC1. The molecule has 0 radical (unpaired) electrons. The molecule has 0 bridgehead atoms. The van der Waals surface area contributed by atoms with Crippen LogP contribution >= 0.6 is 0 Å². The minimum Gasteiger partial charge on any atom is -0.335 e. The molecule has 2 rings (SSSR count). The molecule has 1 aliphatic carbocycles. The van der Waals surface area contributed by atoms with E-state index in [1.807, 2.05) is 0 Å². The maximum absolute atomic E-state index is 12.3. The van der Waals surface area contributed by atoms with E-state index >= 15 is 0 Å². The summed E-state index contributed by atoms with van der Waals surface area (Å²) in [6.07, 6.45) is 7.03. The Balaban J connectivity index is 1.80. The van der Waals surface area contributed by atoms with E-state index in [9.17, 15) is 13.2 Å². The van der Waals surface area contributed by atoms with Crippen molar-refractivity contribution < 1.29 is 13.2 Å². The maximum atomic E-state index is 12.3. The lowest BCUT2D eigenvalue weighted by Crippen LogP contribution is -2.54. The molecule has 1 N–H and O–H groups in total. The number of nitrogens with one attached hydrogen (secondary N) is 1. The van der Waals surface area contributed by atoms with Crippen LogP contribution < -0.4 is 5.32 Å². The predicted octanol–water partition coefficient (Wildman–Crippen LogP) is 1.39. The Morgan fingerprint density at radius 2 is 1.62 bits per heavy atom. The fourth-order valence-electron chi connectivity index (χ4n) is 3.04. The van der Waals surface area contributed by atoms with Gasteiger partial charge < -0.3 is 10.2 Å². The summed E-state index contributed by atoms with van der Waals surface area (Å²) in [4.78, 5) is 14.0. The summed E-state index contributed by atoms with van der Waals surface area (Å²) in [5.74, 6) is 0.126. The van der Waals surface area contributed by atoms with E-state index in [4.69, 9.17) is 0 Å². The van der Waals surface area contributed by atoms with Crippen molar-refractivity contribution in [3.63, 3.8) is 0 Å². The van der Waals surface area contributed by atoms with Crippen molar-refractivity contribution in [3.8, 4) is 0 Å². The smallest absolute Gasteiger partial charge is 0.317 e. The van der Waals surface area contributed by atoms with E-state index in [-0.39, 0.29) is 17.8 Å². The van der Waals surface area contributed by atoms with Gasteiger partial charge in [0.1, 0.15) is 0 Å². The van der Waals surface area contributed by atoms with Gasteiger partial charge >= 0.3 is 6.03 Å². The van der Waals surface area contributed by atoms with Crippen LogP contribution in [-0.2, 0) is 10.0 Å². The zero-order chi connectivity index (χ0) is 15.3. The number of piperazine rings is 1. The summed E-state index contributed by atoms with van der Waals surface area (Å²) in [5, 5.41) is 3.12. The number of carbonyl (C=O) groups excluding carboxylic acids is 1. The van der Waals surface area contributed by atoms with Crippen LogP contribution in [0.4, 0.5) is 4.79 Å². The largest absolute Gasteiger partial charge is 0.335 e. The van der Waals surface area contributed by atoms with Gasteiger partial charge in [-0.2, -0.15) is 4.31 Å². The lowest BCUT2D eigenvalue weighted by Gasteiger charge is -2.34. The van der Waals surface area contributed by atoms with E-state index in [1.54, 1.807) is 11.8 Å². The van der Waals surface area contributed by atoms with Crippen LogP contribution in [-0.4, -0.2) is 61.6 Å². The molecule has 7 heteroatoms. The highest BCUT2D eigenvalue weighted by Gasteiger charge is 2.28. The minimum absolute atomic E-state index is 0.0320. The molecule has 6 nitrogen and oxygen atoms in total. The second-order valence-electron chi connectivity index (χ2n) is 5.92. The van der Waals surface area contributed by atoms with Gasteiger partial charge in [-0.05, 0) is 19.8 Å². The summed E-state index contributed by atoms with van der Waals surface area (Å²) in [6.45, 7) is 3.44. The zero-order valence-corrected chi connectivity index (χ0v) is 13.7. The van der Waals surface area contributed by atoms with Gasteiger partial charge in [-0.15, -0.1) is 0 Å². The Morgan fingerprint density at radius 1 is 1.05 bits per heavy atom. The normalized spacial score (nSPS) is 22.8. The van der Waals surface area contributed by atoms with Crippen LogP contribution in [0.5, 0.6) is 0 Å². The van der Waals surface area contributed by atoms with Gasteiger partial charge in [-0.1, -0.05) is 25.7 Å². The third-order valence-electron chi connectivity index (χ3n) is 4.47. The first-order valence-corrected chi connectivity index (χ1v) is 9.67. The maximum Gasteiger partial charge on any atom is 0.317 e. The van der Waals surface area contributed by atoms with E-state index in [1.165, 1.54) is 30.0 Å². The lowest BCUT2D eigenvalue weighted by atomic mass is 10.1. The summed E-state index contributed by atoms with van der Waals surface area (Å²) >= 11 is 0. The molecule has 2 aliphatic rings. The van der Waals surface area contributed by atoms with Gasteiger partial charge in [-0.25, -0.2) is 13.2 Å². The van der Waals surface area contributed by atoms with Crippen molar-refractivity contribution in [3.05, 3.63) is 0 Å². The third-order valence-corrected chi connectivity index (χ3v) is 6.35. The summed E-state index contributed by atoms with van der Waals surface area (Å²) < 4.78 is 25.1. The summed E-state index contributed by atoms with van der Waals surface area (Å²) in [7, 11) is -3.13. The van der Waals surface area contributed by atoms with E-state index in [0.29, 0.717) is 26.2 Å². The molecule has 0 unspecified atom stereocenters. The monoisotopic (exact) mass is 317 g/mol.